The fraction of sp³-hybridized carbons (Fsp3) is 0.308. The Morgan fingerprint density at radius 1 is 1.47 bits per heavy atom. The Morgan fingerprint density at radius 3 is 2.82 bits per heavy atom. The molecule has 4 heteroatoms. The minimum absolute atomic E-state index is 0.0915. The summed E-state index contributed by atoms with van der Waals surface area (Å²) in [5.41, 5.74) is 0.0915. The van der Waals surface area contributed by atoms with Gasteiger partial charge in [0.15, 0.2) is 0 Å². The van der Waals surface area contributed by atoms with Crippen LogP contribution in [0.15, 0.2) is 18.2 Å². The summed E-state index contributed by atoms with van der Waals surface area (Å²) in [7, 11) is 1.48. The Morgan fingerprint density at radius 2 is 2.24 bits per heavy atom. The molecule has 0 bridgehead atoms. The Kier molecular flexibility index (Phi) is 4.89. The SMILES string of the molecule is CC#CCCOc1ccc(OC)cc1C(=O)O. The molecule has 1 N–H and O–H groups in total. The van der Waals surface area contributed by atoms with E-state index in [0.717, 1.165) is 0 Å². The van der Waals surface area contributed by atoms with Gasteiger partial charge in [0, 0.05) is 6.42 Å². The summed E-state index contributed by atoms with van der Waals surface area (Å²) in [6.07, 6.45) is 0.571. The molecular weight excluding hydrogens is 220 g/mol. The number of hydrogen-bond donors (Lipinski definition) is 1. The van der Waals surface area contributed by atoms with Crippen LogP contribution in [0.1, 0.15) is 23.7 Å². The van der Waals surface area contributed by atoms with Gasteiger partial charge in [0.1, 0.15) is 17.1 Å². The number of rotatable bonds is 5. The maximum Gasteiger partial charge on any atom is 0.339 e. The summed E-state index contributed by atoms with van der Waals surface area (Å²) >= 11 is 0. The Balaban J connectivity index is 2.82. The lowest BCUT2D eigenvalue weighted by atomic mass is 10.2. The van der Waals surface area contributed by atoms with Crippen molar-refractivity contribution in [2.45, 2.75) is 13.3 Å². The van der Waals surface area contributed by atoms with Crippen molar-refractivity contribution < 1.29 is 19.4 Å². The molecule has 0 unspecified atom stereocenters. The van der Waals surface area contributed by atoms with Crippen LogP contribution in [0.2, 0.25) is 0 Å². The molecule has 0 heterocycles. The predicted octanol–water partition coefficient (Wildman–Crippen LogP) is 2.19. The lowest BCUT2D eigenvalue weighted by molar-refractivity contribution is 0.0692. The lowest BCUT2D eigenvalue weighted by Crippen LogP contribution is -2.04. The molecule has 0 saturated carbocycles. The van der Waals surface area contributed by atoms with E-state index >= 15 is 0 Å². The largest absolute Gasteiger partial charge is 0.497 e. The maximum absolute atomic E-state index is 11.0. The number of ether oxygens (including phenoxy) is 2. The lowest BCUT2D eigenvalue weighted by Gasteiger charge is -2.09. The van der Waals surface area contributed by atoms with Crippen LogP contribution in [0, 0.1) is 11.8 Å². The third-order valence-electron chi connectivity index (χ3n) is 2.08. The highest BCUT2D eigenvalue weighted by atomic mass is 16.5. The summed E-state index contributed by atoms with van der Waals surface area (Å²) < 4.78 is 10.3. The van der Waals surface area contributed by atoms with Crippen LogP contribution in [-0.4, -0.2) is 24.8 Å². The van der Waals surface area contributed by atoms with Crippen molar-refractivity contribution in [3.8, 4) is 23.3 Å². The van der Waals surface area contributed by atoms with E-state index in [2.05, 4.69) is 11.8 Å². The second kappa shape index (κ2) is 6.44. The highest BCUT2D eigenvalue weighted by Gasteiger charge is 2.12. The summed E-state index contributed by atoms with van der Waals surface area (Å²) in [6, 6.07) is 4.68. The molecule has 0 saturated heterocycles. The third kappa shape index (κ3) is 3.72. The normalized spacial score (nSPS) is 9.06. The van der Waals surface area contributed by atoms with Gasteiger partial charge in [-0.2, -0.15) is 0 Å². The second-order valence-electron chi connectivity index (χ2n) is 3.19. The van der Waals surface area contributed by atoms with Crippen molar-refractivity contribution in [3.63, 3.8) is 0 Å². The molecular formula is C13H14O4. The van der Waals surface area contributed by atoms with Gasteiger partial charge in [-0.05, 0) is 25.1 Å². The monoisotopic (exact) mass is 234 g/mol. The van der Waals surface area contributed by atoms with Gasteiger partial charge in [-0.1, -0.05) is 0 Å². The molecule has 0 aliphatic carbocycles. The molecule has 17 heavy (non-hydrogen) atoms. The minimum atomic E-state index is -1.04. The van der Waals surface area contributed by atoms with Gasteiger partial charge in [0.25, 0.3) is 0 Å². The topological polar surface area (TPSA) is 55.8 Å². The zero-order valence-corrected chi connectivity index (χ0v) is 9.82. The maximum atomic E-state index is 11.0. The van der Waals surface area contributed by atoms with Crippen molar-refractivity contribution >= 4 is 5.97 Å². The van der Waals surface area contributed by atoms with E-state index in [1.807, 2.05) is 0 Å². The summed E-state index contributed by atoms with van der Waals surface area (Å²) in [4.78, 5) is 11.0. The van der Waals surface area contributed by atoms with Gasteiger partial charge in [-0.15, -0.1) is 11.8 Å². The van der Waals surface area contributed by atoms with Gasteiger partial charge >= 0.3 is 5.97 Å². The van der Waals surface area contributed by atoms with Crippen molar-refractivity contribution in [1.82, 2.24) is 0 Å². The van der Waals surface area contributed by atoms with Gasteiger partial charge in [-0.3, -0.25) is 0 Å². The number of methoxy groups -OCH3 is 1. The van der Waals surface area contributed by atoms with Crippen LogP contribution in [0.3, 0.4) is 0 Å². The van der Waals surface area contributed by atoms with Gasteiger partial charge in [0.2, 0.25) is 0 Å². The molecule has 1 aromatic carbocycles. The summed E-state index contributed by atoms with van der Waals surface area (Å²) in [6.45, 7) is 2.11. The predicted molar refractivity (Wildman–Crippen MR) is 63.5 cm³/mol. The van der Waals surface area contributed by atoms with Crippen LogP contribution >= 0.6 is 0 Å². The number of carbonyl (C=O) groups is 1. The molecule has 0 spiro atoms. The van der Waals surface area contributed by atoms with Crippen LogP contribution in [0.5, 0.6) is 11.5 Å². The number of carboxylic acid groups (broad SMARTS) is 1. The molecule has 1 aromatic rings. The van der Waals surface area contributed by atoms with E-state index < -0.39 is 5.97 Å². The second-order valence-corrected chi connectivity index (χ2v) is 3.19. The number of carboxylic acids is 1. The van der Waals surface area contributed by atoms with Crippen LogP contribution in [-0.2, 0) is 0 Å². The van der Waals surface area contributed by atoms with Crippen LogP contribution in [0.4, 0.5) is 0 Å². The Labute approximate surface area is 100 Å². The quantitative estimate of drug-likeness (QED) is 0.626. The third-order valence-corrected chi connectivity index (χ3v) is 2.08. The van der Waals surface area contributed by atoms with E-state index in [0.29, 0.717) is 24.5 Å². The zero-order valence-electron chi connectivity index (χ0n) is 9.82. The fourth-order valence-electron chi connectivity index (χ4n) is 1.27. The van der Waals surface area contributed by atoms with Crippen LogP contribution in [0.25, 0.3) is 0 Å². The molecule has 0 aliphatic rings. The average Bonchev–Trinajstić information content (AvgIpc) is 2.34. The number of hydrogen-bond acceptors (Lipinski definition) is 3. The molecule has 4 nitrogen and oxygen atoms in total. The average molecular weight is 234 g/mol. The Hall–Kier alpha value is -2.15. The number of aromatic carboxylic acids is 1. The van der Waals surface area contributed by atoms with Crippen LogP contribution < -0.4 is 9.47 Å². The van der Waals surface area contributed by atoms with E-state index in [9.17, 15) is 4.79 Å². The minimum Gasteiger partial charge on any atom is -0.497 e. The first-order valence-corrected chi connectivity index (χ1v) is 5.12. The molecule has 0 atom stereocenters. The first-order chi connectivity index (χ1) is 8.19. The van der Waals surface area contributed by atoms with E-state index in [1.165, 1.54) is 13.2 Å². The molecule has 90 valence electrons. The molecule has 0 aliphatic heterocycles. The Bertz CT molecular complexity index is 454. The van der Waals surface area contributed by atoms with Gasteiger partial charge < -0.3 is 14.6 Å². The fourth-order valence-corrected chi connectivity index (χ4v) is 1.27. The zero-order chi connectivity index (χ0) is 12.7. The van der Waals surface area contributed by atoms with Crippen molar-refractivity contribution in [2.75, 3.05) is 13.7 Å². The highest BCUT2D eigenvalue weighted by molar-refractivity contribution is 5.91. The van der Waals surface area contributed by atoms with Crippen molar-refractivity contribution in [3.05, 3.63) is 23.8 Å². The van der Waals surface area contributed by atoms with Crippen molar-refractivity contribution in [1.29, 1.82) is 0 Å². The first-order valence-electron chi connectivity index (χ1n) is 5.12. The van der Waals surface area contributed by atoms with Gasteiger partial charge in [-0.25, -0.2) is 4.79 Å². The molecule has 0 radical (unpaired) electrons. The molecule has 0 aromatic heterocycles. The highest BCUT2D eigenvalue weighted by Crippen LogP contribution is 2.24. The first kappa shape index (κ1) is 12.9. The van der Waals surface area contributed by atoms with Crippen molar-refractivity contribution in [2.24, 2.45) is 0 Å². The van der Waals surface area contributed by atoms with E-state index in [-0.39, 0.29) is 5.56 Å². The molecule has 1 rings (SSSR count). The molecule has 0 fully saturated rings. The standard InChI is InChI=1S/C13H14O4/c1-3-4-5-8-17-12-7-6-10(16-2)9-11(12)13(14)15/h6-7,9H,5,8H2,1-2H3,(H,14,15). The van der Waals surface area contributed by atoms with Gasteiger partial charge in [0.05, 0.1) is 13.7 Å². The number of benzene rings is 1. The van der Waals surface area contributed by atoms with E-state index in [1.54, 1.807) is 19.1 Å². The smallest absolute Gasteiger partial charge is 0.339 e. The van der Waals surface area contributed by atoms with E-state index in [4.69, 9.17) is 14.6 Å². The summed E-state index contributed by atoms with van der Waals surface area (Å²) in [5.74, 6) is 5.36. The summed E-state index contributed by atoms with van der Waals surface area (Å²) in [5, 5.41) is 9.02. The molecule has 0 amide bonds.